The van der Waals surface area contributed by atoms with Crippen molar-refractivity contribution in [2.24, 2.45) is 5.73 Å². The molecule has 1 fully saturated rings. The van der Waals surface area contributed by atoms with Gasteiger partial charge in [0.15, 0.2) is 0 Å². The summed E-state index contributed by atoms with van der Waals surface area (Å²) in [7, 11) is 0. The van der Waals surface area contributed by atoms with Crippen LogP contribution >= 0.6 is 0 Å². The quantitative estimate of drug-likeness (QED) is 0.685. The van der Waals surface area contributed by atoms with Gasteiger partial charge in [0, 0.05) is 32.2 Å². The number of hydrogen-bond donors (Lipinski definition) is 3. The summed E-state index contributed by atoms with van der Waals surface area (Å²) in [5, 5.41) is 4.34. The van der Waals surface area contributed by atoms with Crippen molar-refractivity contribution in [1.29, 1.82) is 0 Å². The van der Waals surface area contributed by atoms with Crippen LogP contribution in [0.2, 0.25) is 0 Å². The smallest absolute Gasteiger partial charge is 0.335 e. The molecule has 0 spiro atoms. The Bertz CT molecular complexity index is 264. The average Bonchev–Trinajstić information content (AvgIpc) is 2.29. The molecule has 2 amide bonds. The average molecular weight is 268 g/mol. The molecule has 0 unspecified atom stereocenters. The molecule has 1 heterocycles. The summed E-state index contributed by atoms with van der Waals surface area (Å²) in [6.45, 7) is 1.71. The van der Waals surface area contributed by atoms with Crippen LogP contribution in [0.3, 0.4) is 0 Å². The van der Waals surface area contributed by atoms with Crippen LogP contribution in [0, 0.1) is 0 Å². The summed E-state index contributed by atoms with van der Waals surface area (Å²) in [4.78, 5) is 13.4. The number of nitrogens with one attached hydrogen (secondary N) is 2. The van der Waals surface area contributed by atoms with Crippen molar-refractivity contribution in [2.45, 2.75) is 25.1 Å². The van der Waals surface area contributed by atoms with Crippen LogP contribution < -0.4 is 16.4 Å². The molecule has 0 radical (unpaired) electrons. The molecule has 1 aliphatic rings. The number of amides is 2. The zero-order chi connectivity index (χ0) is 13.6. The molecular formula is C10H19F3N4O. The maximum absolute atomic E-state index is 11.9. The van der Waals surface area contributed by atoms with Crippen molar-refractivity contribution >= 4 is 6.03 Å². The summed E-state index contributed by atoms with van der Waals surface area (Å²) in [6.07, 6.45) is -2.90. The molecule has 1 saturated heterocycles. The van der Waals surface area contributed by atoms with Crippen LogP contribution in [-0.2, 0) is 0 Å². The first-order valence-corrected chi connectivity index (χ1v) is 5.94. The Hall–Kier alpha value is -1.02. The number of piperidine rings is 1. The maximum Gasteiger partial charge on any atom is 0.405 e. The molecule has 0 aromatic heterocycles. The fourth-order valence-electron chi connectivity index (χ4n) is 1.90. The number of urea groups is 1. The molecular weight excluding hydrogens is 249 g/mol. The lowest BCUT2D eigenvalue weighted by molar-refractivity contribution is -0.122. The fourth-order valence-corrected chi connectivity index (χ4v) is 1.90. The number of carbonyl (C=O) groups is 1. The highest BCUT2D eigenvalue weighted by Crippen LogP contribution is 2.12. The van der Waals surface area contributed by atoms with E-state index in [-0.39, 0.29) is 6.04 Å². The van der Waals surface area contributed by atoms with E-state index < -0.39 is 18.8 Å². The number of alkyl halides is 3. The molecule has 8 heteroatoms. The van der Waals surface area contributed by atoms with Gasteiger partial charge in [0.1, 0.15) is 6.54 Å². The Balaban J connectivity index is 2.18. The van der Waals surface area contributed by atoms with E-state index in [1.54, 1.807) is 5.32 Å². The van der Waals surface area contributed by atoms with Gasteiger partial charge in [0.05, 0.1) is 0 Å². The van der Waals surface area contributed by atoms with E-state index >= 15 is 0 Å². The number of likely N-dealkylation sites (tertiary alicyclic amines) is 1. The zero-order valence-electron chi connectivity index (χ0n) is 10.1. The lowest BCUT2D eigenvalue weighted by Gasteiger charge is -2.31. The fraction of sp³-hybridized carbons (Fsp3) is 0.900. The summed E-state index contributed by atoms with van der Waals surface area (Å²) >= 11 is 0. The van der Waals surface area contributed by atoms with Crippen LogP contribution in [0.15, 0.2) is 0 Å². The maximum atomic E-state index is 11.9. The van der Waals surface area contributed by atoms with Crippen LogP contribution in [0.4, 0.5) is 18.0 Å². The van der Waals surface area contributed by atoms with Crippen LogP contribution in [0.1, 0.15) is 12.8 Å². The SMILES string of the molecule is NCCN1CCC(NC(=O)NCC(F)(F)F)CC1. The largest absolute Gasteiger partial charge is 0.405 e. The Labute approximate surface area is 104 Å². The molecule has 5 nitrogen and oxygen atoms in total. The van der Waals surface area contributed by atoms with Gasteiger partial charge in [-0.05, 0) is 12.8 Å². The number of nitrogens with two attached hydrogens (primary N) is 1. The van der Waals surface area contributed by atoms with Crippen LogP contribution in [-0.4, -0.2) is 55.9 Å². The van der Waals surface area contributed by atoms with Crippen molar-refractivity contribution in [3.8, 4) is 0 Å². The molecule has 18 heavy (non-hydrogen) atoms. The minimum absolute atomic E-state index is 0.0627. The van der Waals surface area contributed by atoms with Crippen molar-refractivity contribution in [2.75, 3.05) is 32.7 Å². The Morgan fingerprint density at radius 1 is 1.33 bits per heavy atom. The third kappa shape index (κ3) is 6.06. The Kier molecular flexibility index (Phi) is 5.67. The Morgan fingerprint density at radius 3 is 2.44 bits per heavy atom. The van der Waals surface area contributed by atoms with Gasteiger partial charge in [-0.2, -0.15) is 13.2 Å². The summed E-state index contributed by atoms with van der Waals surface area (Å²) in [5.41, 5.74) is 5.43. The molecule has 0 aromatic rings. The highest BCUT2D eigenvalue weighted by molar-refractivity contribution is 5.74. The third-order valence-corrected chi connectivity index (χ3v) is 2.82. The highest BCUT2D eigenvalue weighted by atomic mass is 19.4. The monoisotopic (exact) mass is 268 g/mol. The standard InChI is InChI=1S/C10H19F3N4O/c11-10(12,13)7-15-9(18)16-8-1-4-17(5-2-8)6-3-14/h8H,1-7,14H2,(H2,15,16,18). The number of halogens is 3. The molecule has 1 rings (SSSR count). The second-order valence-corrected chi connectivity index (χ2v) is 4.35. The van der Waals surface area contributed by atoms with Gasteiger partial charge in [0.2, 0.25) is 0 Å². The van der Waals surface area contributed by atoms with Gasteiger partial charge >= 0.3 is 12.2 Å². The van der Waals surface area contributed by atoms with E-state index in [0.717, 1.165) is 32.5 Å². The second-order valence-electron chi connectivity index (χ2n) is 4.35. The van der Waals surface area contributed by atoms with E-state index in [1.165, 1.54) is 0 Å². The third-order valence-electron chi connectivity index (χ3n) is 2.82. The molecule has 4 N–H and O–H groups in total. The Morgan fingerprint density at radius 2 is 1.94 bits per heavy atom. The van der Waals surface area contributed by atoms with Crippen LogP contribution in [0.25, 0.3) is 0 Å². The normalized spacial score (nSPS) is 18.7. The summed E-state index contributed by atoms with van der Waals surface area (Å²) in [6, 6.07) is -0.822. The molecule has 0 aromatic carbocycles. The van der Waals surface area contributed by atoms with Crippen molar-refractivity contribution in [3.63, 3.8) is 0 Å². The predicted molar refractivity (Wildman–Crippen MR) is 61.1 cm³/mol. The van der Waals surface area contributed by atoms with Gasteiger partial charge in [-0.25, -0.2) is 4.79 Å². The van der Waals surface area contributed by atoms with E-state index in [0.29, 0.717) is 6.54 Å². The lowest BCUT2D eigenvalue weighted by atomic mass is 10.1. The molecule has 1 aliphatic heterocycles. The van der Waals surface area contributed by atoms with E-state index in [4.69, 9.17) is 5.73 Å². The zero-order valence-corrected chi connectivity index (χ0v) is 10.1. The minimum Gasteiger partial charge on any atom is -0.335 e. The molecule has 0 atom stereocenters. The molecule has 0 bridgehead atoms. The van der Waals surface area contributed by atoms with Crippen LogP contribution in [0.5, 0.6) is 0 Å². The van der Waals surface area contributed by atoms with E-state index in [1.807, 2.05) is 0 Å². The number of nitrogens with zero attached hydrogens (tertiary/aromatic N) is 1. The van der Waals surface area contributed by atoms with Gasteiger partial charge < -0.3 is 21.3 Å². The van der Waals surface area contributed by atoms with Gasteiger partial charge in [-0.3, -0.25) is 0 Å². The predicted octanol–water partition coefficient (Wildman–Crippen LogP) is 0.271. The van der Waals surface area contributed by atoms with Crippen molar-refractivity contribution < 1.29 is 18.0 Å². The molecule has 0 aliphatic carbocycles. The van der Waals surface area contributed by atoms with Gasteiger partial charge in [0.25, 0.3) is 0 Å². The van der Waals surface area contributed by atoms with Crippen molar-refractivity contribution in [1.82, 2.24) is 15.5 Å². The minimum atomic E-state index is -4.37. The van der Waals surface area contributed by atoms with E-state index in [9.17, 15) is 18.0 Å². The first kappa shape index (κ1) is 15.0. The lowest BCUT2D eigenvalue weighted by Crippen LogP contribution is -2.49. The van der Waals surface area contributed by atoms with Crippen molar-refractivity contribution in [3.05, 3.63) is 0 Å². The number of hydrogen-bond acceptors (Lipinski definition) is 3. The van der Waals surface area contributed by atoms with Gasteiger partial charge in [-0.15, -0.1) is 0 Å². The molecule has 106 valence electrons. The highest BCUT2D eigenvalue weighted by Gasteiger charge is 2.28. The number of rotatable bonds is 4. The van der Waals surface area contributed by atoms with Gasteiger partial charge in [-0.1, -0.05) is 0 Å². The first-order chi connectivity index (χ1) is 8.40. The van der Waals surface area contributed by atoms with E-state index in [2.05, 4.69) is 10.2 Å². The topological polar surface area (TPSA) is 70.4 Å². The second kappa shape index (κ2) is 6.79. The summed E-state index contributed by atoms with van der Waals surface area (Å²) in [5.74, 6) is 0. The first-order valence-electron chi connectivity index (χ1n) is 5.94. The summed E-state index contributed by atoms with van der Waals surface area (Å²) < 4.78 is 35.6. The molecule has 0 saturated carbocycles. The number of carbonyl (C=O) groups excluding carboxylic acids is 1.